The monoisotopic (exact) mass is 206 g/mol. The molecule has 0 saturated heterocycles. The number of rotatable bonds is 2. The third-order valence-corrected chi connectivity index (χ3v) is 2.02. The Morgan fingerprint density at radius 3 is 2.67 bits per heavy atom. The van der Waals surface area contributed by atoms with Gasteiger partial charge in [-0.3, -0.25) is 0 Å². The van der Waals surface area contributed by atoms with E-state index in [1.54, 1.807) is 7.11 Å². The van der Waals surface area contributed by atoms with E-state index in [4.69, 9.17) is 4.74 Å². The largest absolute Gasteiger partial charge is 0.378 e. The van der Waals surface area contributed by atoms with Crippen LogP contribution in [0.5, 0.6) is 0 Å². The van der Waals surface area contributed by atoms with Gasteiger partial charge in [-0.2, -0.15) is 5.10 Å². The lowest BCUT2D eigenvalue weighted by molar-refractivity contribution is 0.181. The summed E-state index contributed by atoms with van der Waals surface area (Å²) in [5.74, 6) is 0. The van der Waals surface area contributed by atoms with Crippen molar-refractivity contribution in [1.29, 1.82) is 0 Å². The van der Waals surface area contributed by atoms with E-state index in [2.05, 4.69) is 5.10 Å². The summed E-state index contributed by atoms with van der Waals surface area (Å²) >= 11 is 0. The lowest BCUT2D eigenvalue weighted by atomic mass is 10.3. The van der Waals surface area contributed by atoms with Crippen molar-refractivity contribution in [2.45, 2.75) is 27.4 Å². The molecule has 0 aliphatic carbocycles. The minimum atomic E-state index is 0.571. The van der Waals surface area contributed by atoms with Gasteiger partial charge in [-0.1, -0.05) is 19.9 Å². The van der Waals surface area contributed by atoms with Crippen LogP contribution in [0.3, 0.4) is 0 Å². The van der Waals surface area contributed by atoms with Crippen molar-refractivity contribution in [2.75, 3.05) is 7.11 Å². The number of methoxy groups -OCH3 is 1. The van der Waals surface area contributed by atoms with Gasteiger partial charge in [0.05, 0.1) is 17.8 Å². The zero-order chi connectivity index (χ0) is 11.3. The smallest absolute Gasteiger partial charge is 0.0903 e. The van der Waals surface area contributed by atoms with Crippen molar-refractivity contribution < 1.29 is 4.74 Å². The summed E-state index contributed by atoms with van der Waals surface area (Å²) in [6.07, 6.45) is 0. The van der Waals surface area contributed by atoms with Gasteiger partial charge in [0.2, 0.25) is 0 Å². The number of fused-ring (bicyclic) bond motifs is 1. The standard InChI is InChI=1S/C10H12N2O.C2H6/c1-8-4-3-5-10-6-9(7-13-2)11-12(8)10;1-2/h3-6H,7H2,1-2H3;1-2H3. The fourth-order valence-corrected chi connectivity index (χ4v) is 1.42. The minimum Gasteiger partial charge on any atom is -0.378 e. The van der Waals surface area contributed by atoms with Crippen molar-refractivity contribution in [3.63, 3.8) is 0 Å². The maximum absolute atomic E-state index is 5.02. The van der Waals surface area contributed by atoms with E-state index in [1.807, 2.05) is 49.6 Å². The molecular weight excluding hydrogens is 188 g/mol. The number of aromatic nitrogens is 2. The molecule has 0 fully saturated rings. The Kier molecular flexibility index (Phi) is 4.31. The quantitative estimate of drug-likeness (QED) is 0.755. The molecule has 82 valence electrons. The van der Waals surface area contributed by atoms with Gasteiger partial charge in [0.25, 0.3) is 0 Å². The highest BCUT2D eigenvalue weighted by Crippen LogP contribution is 2.09. The third-order valence-electron chi connectivity index (χ3n) is 2.02. The van der Waals surface area contributed by atoms with Crippen LogP contribution >= 0.6 is 0 Å². The Bertz CT molecular complexity index is 420. The molecule has 0 amide bonds. The first-order valence-corrected chi connectivity index (χ1v) is 5.24. The molecule has 0 atom stereocenters. The van der Waals surface area contributed by atoms with Gasteiger partial charge in [0.1, 0.15) is 0 Å². The van der Waals surface area contributed by atoms with E-state index in [0.29, 0.717) is 6.61 Å². The average molecular weight is 206 g/mol. The van der Waals surface area contributed by atoms with E-state index in [1.165, 1.54) is 0 Å². The number of pyridine rings is 1. The Balaban J connectivity index is 0.000000531. The van der Waals surface area contributed by atoms with E-state index in [9.17, 15) is 0 Å². The topological polar surface area (TPSA) is 26.5 Å². The maximum Gasteiger partial charge on any atom is 0.0903 e. The molecule has 2 rings (SSSR count). The summed E-state index contributed by atoms with van der Waals surface area (Å²) in [7, 11) is 1.68. The zero-order valence-electron chi connectivity index (χ0n) is 9.82. The van der Waals surface area contributed by atoms with Crippen LogP contribution in [-0.4, -0.2) is 16.7 Å². The number of hydrogen-bond acceptors (Lipinski definition) is 2. The van der Waals surface area contributed by atoms with Crippen LogP contribution in [0.15, 0.2) is 24.3 Å². The molecule has 0 bridgehead atoms. The molecule has 0 saturated carbocycles. The summed E-state index contributed by atoms with van der Waals surface area (Å²) in [4.78, 5) is 0. The molecular formula is C12H18N2O. The van der Waals surface area contributed by atoms with Gasteiger partial charge < -0.3 is 4.74 Å². The number of hydrogen-bond donors (Lipinski definition) is 0. The van der Waals surface area contributed by atoms with Crippen LogP contribution in [0.2, 0.25) is 0 Å². The number of aryl methyl sites for hydroxylation is 1. The highest BCUT2D eigenvalue weighted by molar-refractivity contribution is 5.48. The van der Waals surface area contributed by atoms with Crippen molar-refractivity contribution in [1.82, 2.24) is 9.61 Å². The molecule has 3 nitrogen and oxygen atoms in total. The van der Waals surface area contributed by atoms with Crippen molar-refractivity contribution >= 4 is 5.52 Å². The number of ether oxygens (including phenoxy) is 1. The predicted molar refractivity (Wildman–Crippen MR) is 62.0 cm³/mol. The minimum absolute atomic E-state index is 0.571. The van der Waals surface area contributed by atoms with Crippen LogP contribution in [0, 0.1) is 6.92 Å². The van der Waals surface area contributed by atoms with Crippen LogP contribution < -0.4 is 0 Å². The molecule has 0 N–H and O–H groups in total. The first kappa shape index (κ1) is 11.7. The summed E-state index contributed by atoms with van der Waals surface area (Å²) < 4.78 is 6.95. The fourth-order valence-electron chi connectivity index (χ4n) is 1.42. The van der Waals surface area contributed by atoms with Gasteiger partial charge in [-0.05, 0) is 25.1 Å². The van der Waals surface area contributed by atoms with Gasteiger partial charge in [0.15, 0.2) is 0 Å². The summed E-state index contributed by atoms with van der Waals surface area (Å²) in [5.41, 5.74) is 3.23. The predicted octanol–water partition coefficient (Wildman–Crippen LogP) is 2.82. The molecule has 0 unspecified atom stereocenters. The van der Waals surface area contributed by atoms with Gasteiger partial charge >= 0.3 is 0 Å². The van der Waals surface area contributed by atoms with Gasteiger partial charge in [-0.25, -0.2) is 4.52 Å². The lowest BCUT2D eigenvalue weighted by Gasteiger charge is -1.96. The fraction of sp³-hybridized carbons (Fsp3) is 0.417. The first-order valence-electron chi connectivity index (χ1n) is 5.24. The van der Waals surface area contributed by atoms with Crippen molar-refractivity contribution in [3.8, 4) is 0 Å². The Morgan fingerprint density at radius 1 is 1.33 bits per heavy atom. The first-order chi connectivity index (χ1) is 7.31. The zero-order valence-corrected chi connectivity index (χ0v) is 9.82. The molecule has 0 radical (unpaired) electrons. The lowest BCUT2D eigenvalue weighted by Crippen LogP contribution is -1.93. The van der Waals surface area contributed by atoms with E-state index in [0.717, 1.165) is 16.9 Å². The van der Waals surface area contributed by atoms with Crippen molar-refractivity contribution in [3.05, 3.63) is 35.7 Å². The molecule has 0 aliphatic heterocycles. The second-order valence-electron chi connectivity index (χ2n) is 3.07. The van der Waals surface area contributed by atoms with Gasteiger partial charge in [-0.15, -0.1) is 0 Å². The average Bonchev–Trinajstić information content (AvgIpc) is 2.66. The van der Waals surface area contributed by atoms with Crippen LogP contribution in [-0.2, 0) is 11.3 Å². The van der Waals surface area contributed by atoms with Gasteiger partial charge in [0, 0.05) is 12.8 Å². The Morgan fingerprint density at radius 2 is 2.07 bits per heavy atom. The Hall–Kier alpha value is -1.35. The van der Waals surface area contributed by atoms with E-state index < -0.39 is 0 Å². The SMILES string of the molecule is CC.COCc1cc2cccc(C)n2n1. The molecule has 15 heavy (non-hydrogen) atoms. The molecule has 2 heterocycles. The molecule has 2 aromatic rings. The van der Waals surface area contributed by atoms with Crippen LogP contribution in [0.1, 0.15) is 25.2 Å². The summed E-state index contributed by atoms with van der Waals surface area (Å²) in [5, 5.41) is 4.39. The van der Waals surface area contributed by atoms with E-state index >= 15 is 0 Å². The second-order valence-corrected chi connectivity index (χ2v) is 3.07. The molecule has 3 heteroatoms. The third kappa shape index (κ3) is 2.57. The highest BCUT2D eigenvalue weighted by atomic mass is 16.5. The molecule has 0 aliphatic rings. The maximum atomic E-state index is 5.02. The summed E-state index contributed by atoms with van der Waals surface area (Å²) in [6, 6.07) is 8.15. The second kappa shape index (κ2) is 5.51. The molecule has 0 aromatic carbocycles. The molecule has 2 aromatic heterocycles. The van der Waals surface area contributed by atoms with Crippen LogP contribution in [0.25, 0.3) is 5.52 Å². The van der Waals surface area contributed by atoms with Crippen LogP contribution in [0.4, 0.5) is 0 Å². The summed E-state index contributed by atoms with van der Waals surface area (Å²) in [6.45, 7) is 6.61. The normalized spacial score (nSPS) is 9.87. The molecule has 0 spiro atoms. The Labute approximate surface area is 90.7 Å². The van der Waals surface area contributed by atoms with Crippen molar-refractivity contribution in [2.24, 2.45) is 0 Å². The highest BCUT2D eigenvalue weighted by Gasteiger charge is 2.01. The number of nitrogens with zero attached hydrogens (tertiary/aromatic N) is 2. The van der Waals surface area contributed by atoms with E-state index in [-0.39, 0.29) is 0 Å².